The van der Waals surface area contributed by atoms with E-state index in [4.69, 9.17) is 0 Å². The fourth-order valence-electron chi connectivity index (χ4n) is 5.54. The van der Waals surface area contributed by atoms with Gasteiger partial charge in [0.15, 0.2) is 0 Å². The van der Waals surface area contributed by atoms with Gasteiger partial charge in [-0.15, -0.1) is 0 Å². The number of carbonyl (C=O) groups excluding carboxylic acids is 1. The highest BCUT2D eigenvalue weighted by Gasteiger charge is 2.28. The molecule has 35 heavy (non-hydrogen) atoms. The molecule has 1 saturated heterocycles. The van der Waals surface area contributed by atoms with Crippen molar-refractivity contribution >= 4 is 16.8 Å². The number of phenolic OH excluding ortho intramolecular Hbond substituents is 1. The van der Waals surface area contributed by atoms with E-state index in [9.17, 15) is 9.90 Å². The second-order valence-electron chi connectivity index (χ2n) is 10.5. The Bertz CT molecular complexity index is 935. The first-order chi connectivity index (χ1) is 17.0. The molecule has 1 N–H and O–H groups in total. The highest BCUT2D eigenvalue weighted by atomic mass is 16.3. The Hall–Kier alpha value is -2.01. The van der Waals surface area contributed by atoms with Crippen molar-refractivity contribution < 1.29 is 9.90 Å². The van der Waals surface area contributed by atoms with Gasteiger partial charge in [0.2, 0.25) is 0 Å². The van der Waals surface area contributed by atoms with E-state index < -0.39 is 0 Å². The molecule has 1 aliphatic heterocycles. The van der Waals surface area contributed by atoms with Gasteiger partial charge in [-0.1, -0.05) is 59.3 Å². The maximum absolute atomic E-state index is 14.2. The Morgan fingerprint density at radius 2 is 1.57 bits per heavy atom. The molecule has 0 radical (unpaired) electrons. The summed E-state index contributed by atoms with van der Waals surface area (Å²) in [6, 6.07) is 3.89. The minimum atomic E-state index is 0.146. The molecule has 1 aromatic heterocycles. The van der Waals surface area contributed by atoms with Gasteiger partial charge >= 0.3 is 0 Å². The van der Waals surface area contributed by atoms with Crippen molar-refractivity contribution in [1.82, 2.24) is 14.4 Å². The highest BCUT2D eigenvalue weighted by molar-refractivity contribution is 6.10. The fourth-order valence-corrected chi connectivity index (χ4v) is 5.54. The van der Waals surface area contributed by atoms with E-state index in [2.05, 4.69) is 42.1 Å². The summed E-state index contributed by atoms with van der Waals surface area (Å²) in [6.45, 7) is 14.1. The van der Waals surface area contributed by atoms with Crippen LogP contribution in [0.5, 0.6) is 5.75 Å². The molecule has 1 fully saturated rings. The van der Waals surface area contributed by atoms with E-state index in [1.807, 2.05) is 12.1 Å². The van der Waals surface area contributed by atoms with Crippen molar-refractivity contribution in [1.29, 1.82) is 0 Å². The first-order valence-electron chi connectivity index (χ1n) is 14.4. The molecule has 196 valence electrons. The van der Waals surface area contributed by atoms with E-state index in [0.29, 0.717) is 12.3 Å². The molecule has 1 amide bonds. The summed E-state index contributed by atoms with van der Waals surface area (Å²) in [5.74, 6) is 0.473. The number of aromatic hydroxyl groups is 1. The molecule has 1 aromatic carbocycles. The lowest BCUT2D eigenvalue weighted by Gasteiger charge is -2.27. The summed E-state index contributed by atoms with van der Waals surface area (Å²) in [5.41, 5.74) is 3.93. The SMILES string of the molecule is CCCCCCn1c(C)c(C(=O)N(CCCC)CCCC)c2c(CN3CCCCC3)c(O)ccc21. The van der Waals surface area contributed by atoms with Crippen LogP contribution in [0.25, 0.3) is 10.9 Å². The Morgan fingerprint density at radius 3 is 2.20 bits per heavy atom. The molecule has 5 nitrogen and oxygen atoms in total. The summed E-state index contributed by atoms with van der Waals surface area (Å²) in [5, 5.41) is 12.0. The number of amides is 1. The zero-order chi connectivity index (χ0) is 25.2. The van der Waals surface area contributed by atoms with Crippen molar-refractivity contribution in [2.24, 2.45) is 0 Å². The lowest BCUT2D eigenvalue weighted by Crippen LogP contribution is -2.33. The molecule has 0 aliphatic carbocycles. The third-order valence-electron chi connectivity index (χ3n) is 7.70. The molecule has 1 aliphatic rings. The van der Waals surface area contributed by atoms with Gasteiger partial charge in [0.1, 0.15) is 5.75 Å². The number of rotatable bonds is 14. The van der Waals surface area contributed by atoms with Crippen LogP contribution in [-0.2, 0) is 13.1 Å². The van der Waals surface area contributed by atoms with Crippen LogP contribution in [0.3, 0.4) is 0 Å². The molecule has 0 saturated carbocycles. The molecule has 2 aromatic rings. The molecule has 2 heterocycles. The summed E-state index contributed by atoms with van der Waals surface area (Å²) < 4.78 is 2.36. The van der Waals surface area contributed by atoms with Crippen molar-refractivity contribution in [3.05, 3.63) is 29.0 Å². The van der Waals surface area contributed by atoms with E-state index in [-0.39, 0.29) is 5.91 Å². The topological polar surface area (TPSA) is 48.7 Å². The molecule has 0 unspecified atom stereocenters. The quantitative estimate of drug-likeness (QED) is 0.288. The van der Waals surface area contributed by atoms with Gasteiger partial charge in [-0.3, -0.25) is 9.69 Å². The number of phenols is 1. The van der Waals surface area contributed by atoms with Gasteiger partial charge in [-0.2, -0.15) is 0 Å². The summed E-state index contributed by atoms with van der Waals surface area (Å²) in [7, 11) is 0. The summed E-state index contributed by atoms with van der Waals surface area (Å²) in [6.07, 6.45) is 12.7. The van der Waals surface area contributed by atoms with Gasteiger partial charge in [-0.05, 0) is 64.3 Å². The molecular formula is C30H49N3O2. The number of hydrogen-bond acceptors (Lipinski definition) is 3. The molecule has 3 rings (SSSR count). The second-order valence-corrected chi connectivity index (χ2v) is 10.5. The number of aryl methyl sites for hydroxylation is 1. The largest absolute Gasteiger partial charge is 0.508 e. The zero-order valence-electron chi connectivity index (χ0n) is 22.9. The molecule has 5 heteroatoms. The fraction of sp³-hybridized carbons (Fsp3) is 0.700. The van der Waals surface area contributed by atoms with Gasteiger partial charge < -0.3 is 14.6 Å². The smallest absolute Gasteiger partial charge is 0.256 e. The molecule has 0 spiro atoms. The van der Waals surface area contributed by atoms with Crippen molar-refractivity contribution in [3.63, 3.8) is 0 Å². The number of fused-ring (bicyclic) bond motifs is 1. The number of piperidine rings is 1. The second kappa shape index (κ2) is 13.9. The number of benzene rings is 1. The number of hydrogen-bond donors (Lipinski definition) is 1. The molecular weight excluding hydrogens is 434 g/mol. The Balaban J connectivity index is 2.09. The standard InChI is InChI=1S/C30H49N3O2/c1-5-8-11-15-22-33-24(4)28(30(35)32(20-9-6-2)21-10-7-3)29-25(27(34)17-16-26(29)33)23-31-18-13-12-14-19-31/h16-17,34H,5-15,18-23H2,1-4H3. The predicted molar refractivity (Wildman–Crippen MR) is 147 cm³/mol. The molecule has 0 atom stereocenters. The minimum Gasteiger partial charge on any atom is -0.508 e. The Kier molecular flexibility index (Phi) is 11.0. The van der Waals surface area contributed by atoms with Crippen LogP contribution in [0.2, 0.25) is 0 Å². The average Bonchev–Trinajstić information content (AvgIpc) is 3.15. The number of carbonyl (C=O) groups is 1. The minimum absolute atomic E-state index is 0.146. The maximum Gasteiger partial charge on any atom is 0.256 e. The maximum atomic E-state index is 14.2. The van der Waals surface area contributed by atoms with Gasteiger partial charge in [0.05, 0.1) is 5.56 Å². The monoisotopic (exact) mass is 483 g/mol. The van der Waals surface area contributed by atoms with Crippen LogP contribution in [0.15, 0.2) is 12.1 Å². The van der Waals surface area contributed by atoms with E-state index in [0.717, 1.165) is 92.6 Å². The van der Waals surface area contributed by atoms with Crippen LogP contribution < -0.4 is 0 Å². The lowest BCUT2D eigenvalue weighted by molar-refractivity contribution is 0.0752. The van der Waals surface area contributed by atoms with Crippen molar-refractivity contribution in [2.45, 2.75) is 111 Å². The van der Waals surface area contributed by atoms with E-state index in [1.54, 1.807) is 0 Å². The Morgan fingerprint density at radius 1 is 0.914 bits per heavy atom. The first kappa shape index (κ1) is 27.6. The van der Waals surface area contributed by atoms with Gasteiger partial charge in [-0.25, -0.2) is 0 Å². The van der Waals surface area contributed by atoms with Crippen LogP contribution in [0, 0.1) is 6.92 Å². The predicted octanol–water partition coefficient (Wildman–Crippen LogP) is 7.26. The number of nitrogens with zero attached hydrogens (tertiary/aromatic N) is 3. The Labute approximate surface area is 213 Å². The van der Waals surface area contributed by atoms with Crippen LogP contribution >= 0.6 is 0 Å². The average molecular weight is 484 g/mol. The van der Waals surface area contributed by atoms with Crippen LogP contribution in [0.4, 0.5) is 0 Å². The lowest BCUT2D eigenvalue weighted by atomic mass is 10.0. The number of unbranched alkanes of at least 4 members (excludes halogenated alkanes) is 5. The summed E-state index contributed by atoms with van der Waals surface area (Å²) >= 11 is 0. The summed E-state index contributed by atoms with van der Waals surface area (Å²) in [4.78, 5) is 18.7. The van der Waals surface area contributed by atoms with Gasteiger partial charge in [0, 0.05) is 48.3 Å². The normalized spacial score (nSPS) is 14.6. The van der Waals surface area contributed by atoms with E-state index in [1.165, 1.54) is 38.5 Å². The van der Waals surface area contributed by atoms with Crippen molar-refractivity contribution in [3.8, 4) is 5.75 Å². The highest BCUT2D eigenvalue weighted by Crippen LogP contribution is 2.36. The van der Waals surface area contributed by atoms with E-state index >= 15 is 0 Å². The first-order valence-corrected chi connectivity index (χ1v) is 14.4. The van der Waals surface area contributed by atoms with Crippen LogP contribution in [-0.4, -0.2) is 51.6 Å². The van der Waals surface area contributed by atoms with Crippen molar-refractivity contribution in [2.75, 3.05) is 26.2 Å². The van der Waals surface area contributed by atoms with Crippen LogP contribution in [0.1, 0.15) is 113 Å². The van der Waals surface area contributed by atoms with Gasteiger partial charge in [0.25, 0.3) is 5.91 Å². The zero-order valence-corrected chi connectivity index (χ0v) is 22.9. The third kappa shape index (κ3) is 6.81. The molecule has 0 bridgehead atoms. The third-order valence-corrected chi connectivity index (χ3v) is 7.70. The number of likely N-dealkylation sites (tertiary alicyclic amines) is 1. The number of aromatic nitrogens is 1.